The van der Waals surface area contributed by atoms with E-state index in [-0.39, 0.29) is 17.7 Å². The van der Waals surface area contributed by atoms with Crippen LogP contribution in [0.5, 0.6) is 5.75 Å². The lowest BCUT2D eigenvalue weighted by atomic mass is 10.1. The van der Waals surface area contributed by atoms with Gasteiger partial charge in [-0.05, 0) is 39.0 Å². The normalized spacial score (nSPS) is 15.1. The molecule has 0 aliphatic carbocycles. The van der Waals surface area contributed by atoms with Gasteiger partial charge in [0, 0.05) is 11.6 Å². The van der Waals surface area contributed by atoms with E-state index in [1.807, 2.05) is 13.8 Å². The summed E-state index contributed by atoms with van der Waals surface area (Å²) in [6.45, 7) is 5.80. The molecule has 0 bridgehead atoms. The van der Waals surface area contributed by atoms with Gasteiger partial charge in [0.15, 0.2) is 5.78 Å². The number of benzene rings is 1. The highest BCUT2D eigenvalue weighted by Crippen LogP contribution is 2.33. The van der Waals surface area contributed by atoms with E-state index >= 15 is 0 Å². The molecule has 1 heterocycles. The number of ether oxygens (including phenoxy) is 1. The molecule has 0 unspecified atom stereocenters. The van der Waals surface area contributed by atoms with E-state index in [9.17, 15) is 9.59 Å². The van der Waals surface area contributed by atoms with Crippen molar-refractivity contribution < 1.29 is 14.3 Å². The number of nitrogens with zero attached hydrogens (tertiary/aromatic N) is 1. The molecule has 2 rings (SSSR count). The second-order valence-corrected chi connectivity index (χ2v) is 4.69. The van der Waals surface area contributed by atoms with E-state index < -0.39 is 0 Å². The standard InChI is InChI=1S/C14H17NO3/c1-9(2)15-12-8-11(10(3)16)4-5-13(12)18-7-6-14(15)17/h4-5,8-9H,6-7H2,1-3H3. The van der Waals surface area contributed by atoms with Crippen LogP contribution in [-0.4, -0.2) is 24.3 Å². The lowest BCUT2D eigenvalue weighted by Crippen LogP contribution is -2.36. The number of amides is 1. The zero-order valence-electron chi connectivity index (χ0n) is 10.9. The summed E-state index contributed by atoms with van der Waals surface area (Å²) in [6.07, 6.45) is 0.363. The Hall–Kier alpha value is -1.84. The highest BCUT2D eigenvalue weighted by molar-refractivity contribution is 6.00. The summed E-state index contributed by atoms with van der Waals surface area (Å²) < 4.78 is 5.56. The van der Waals surface area contributed by atoms with E-state index in [1.54, 1.807) is 23.1 Å². The molecule has 18 heavy (non-hydrogen) atoms. The van der Waals surface area contributed by atoms with Crippen molar-refractivity contribution in [3.63, 3.8) is 0 Å². The van der Waals surface area contributed by atoms with E-state index in [2.05, 4.69) is 0 Å². The summed E-state index contributed by atoms with van der Waals surface area (Å²) in [5.41, 5.74) is 1.29. The highest BCUT2D eigenvalue weighted by atomic mass is 16.5. The first kappa shape index (κ1) is 12.6. The minimum absolute atomic E-state index is 0.0156. The Kier molecular flexibility index (Phi) is 3.36. The number of hydrogen-bond donors (Lipinski definition) is 0. The fraction of sp³-hybridized carbons (Fsp3) is 0.429. The number of fused-ring (bicyclic) bond motifs is 1. The topological polar surface area (TPSA) is 46.6 Å². The smallest absolute Gasteiger partial charge is 0.230 e. The second-order valence-electron chi connectivity index (χ2n) is 4.69. The average molecular weight is 247 g/mol. The summed E-state index contributed by atoms with van der Waals surface area (Å²) in [4.78, 5) is 25.2. The number of hydrogen-bond acceptors (Lipinski definition) is 3. The van der Waals surface area contributed by atoms with Gasteiger partial charge in [-0.3, -0.25) is 9.59 Å². The van der Waals surface area contributed by atoms with Crippen molar-refractivity contribution in [2.24, 2.45) is 0 Å². The molecule has 0 radical (unpaired) electrons. The van der Waals surface area contributed by atoms with Crippen LogP contribution in [0.3, 0.4) is 0 Å². The first-order valence-corrected chi connectivity index (χ1v) is 6.10. The molecule has 0 saturated heterocycles. The molecule has 0 N–H and O–H groups in total. The summed E-state index contributed by atoms with van der Waals surface area (Å²) in [5.74, 6) is 0.683. The van der Waals surface area contributed by atoms with Crippen LogP contribution < -0.4 is 9.64 Å². The fourth-order valence-electron chi connectivity index (χ4n) is 2.12. The largest absolute Gasteiger partial charge is 0.491 e. The van der Waals surface area contributed by atoms with Crippen LogP contribution in [0.1, 0.15) is 37.6 Å². The Morgan fingerprint density at radius 2 is 2.11 bits per heavy atom. The molecule has 1 aromatic rings. The van der Waals surface area contributed by atoms with Crippen LogP contribution in [0.15, 0.2) is 18.2 Å². The number of carbonyl (C=O) groups is 2. The predicted molar refractivity (Wildman–Crippen MR) is 69.2 cm³/mol. The Bertz CT molecular complexity index is 494. The first-order valence-electron chi connectivity index (χ1n) is 6.10. The maximum absolute atomic E-state index is 12.1. The van der Waals surface area contributed by atoms with E-state index in [4.69, 9.17) is 4.74 Å². The van der Waals surface area contributed by atoms with Crippen LogP contribution >= 0.6 is 0 Å². The second kappa shape index (κ2) is 4.80. The summed E-state index contributed by atoms with van der Waals surface area (Å²) in [6, 6.07) is 5.27. The highest BCUT2D eigenvalue weighted by Gasteiger charge is 2.26. The van der Waals surface area contributed by atoms with Crippen LogP contribution in [-0.2, 0) is 4.79 Å². The Balaban J connectivity index is 2.54. The van der Waals surface area contributed by atoms with Crippen LogP contribution in [0.2, 0.25) is 0 Å². The molecule has 1 aliphatic rings. The van der Waals surface area contributed by atoms with Gasteiger partial charge < -0.3 is 9.64 Å². The number of rotatable bonds is 2. The molecule has 0 saturated carbocycles. The third-order valence-electron chi connectivity index (χ3n) is 2.98. The third kappa shape index (κ3) is 2.23. The number of Topliss-reactive ketones (excluding diaryl/α,β-unsaturated/α-hetero) is 1. The van der Waals surface area contributed by atoms with Gasteiger partial charge in [0.2, 0.25) is 5.91 Å². The average Bonchev–Trinajstić information content (AvgIpc) is 2.45. The number of ketones is 1. The number of anilines is 1. The van der Waals surface area contributed by atoms with Crippen LogP contribution in [0.4, 0.5) is 5.69 Å². The third-order valence-corrected chi connectivity index (χ3v) is 2.98. The lowest BCUT2D eigenvalue weighted by molar-refractivity contribution is -0.119. The molecule has 1 aliphatic heterocycles. The zero-order chi connectivity index (χ0) is 13.3. The SMILES string of the molecule is CC(=O)c1ccc2c(c1)N(C(C)C)C(=O)CCO2. The Morgan fingerprint density at radius 3 is 2.72 bits per heavy atom. The van der Waals surface area contributed by atoms with Gasteiger partial charge in [-0.15, -0.1) is 0 Å². The minimum Gasteiger partial charge on any atom is -0.491 e. The van der Waals surface area contributed by atoms with Gasteiger partial charge in [0.25, 0.3) is 0 Å². The van der Waals surface area contributed by atoms with Crippen molar-refractivity contribution in [1.82, 2.24) is 0 Å². The maximum atomic E-state index is 12.1. The molecule has 0 spiro atoms. The fourth-order valence-corrected chi connectivity index (χ4v) is 2.12. The van der Waals surface area contributed by atoms with Gasteiger partial charge in [-0.25, -0.2) is 0 Å². The summed E-state index contributed by atoms with van der Waals surface area (Å²) in [7, 11) is 0. The monoisotopic (exact) mass is 247 g/mol. The quantitative estimate of drug-likeness (QED) is 0.754. The van der Waals surface area contributed by atoms with Crippen molar-refractivity contribution >= 4 is 17.4 Å². The van der Waals surface area contributed by atoms with Crippen LogP contribution in [0, 0.1) is 0 Å². The minimum atomic E-state index is -0.0156. The van der Waals surface area contributed by atoms with Crippen molar-refractivity contribution in [2.75, 3.05) is 11.5 Å². The Morgan fingerprint density at radius 1 is 1.39 bits per heavy atom. The van der Waals surface area contributed by atoms with Crippen molar-refractivity contribution in [3.05, 3.63) is 23.8 Å². The van der Waals surface area contributed by atoms with Gasteiger partial charge >= 0.3 is 0 Å². The van der Waals surface area contributed by atoms with Gasteiger partial charge in [-0.2, -0.15) is 0 Å². The molecular formula is C14H17NO3. The van der Waals surface area contributed by atoms with Crippen molar-refractivity contribution in [3.8, 4) is 5.75 Å². The molecule has 0 aromatic heterocycles. The zero-order valence-corrected chi connectivity index (χ0v) is 10.9. The molecule has 1 amide bonds. The molecule has 4 nitrogen and oxygen atoms in total. The van der Waals surface area contributed by atoms with Gasteiger partial charge in [-0.1, -0.05) is 0 Å². The van der Waals surface area contributed by atoms with Gasteiger partial charge in [0.05, 0.1) is 18.7 Å². The molecule has 96 valence electrons. The van der Waals surface area contributed by atoms with Crippen LogP contribution in [0.25, 0.3) is 0 Å². The van der Waals surface area contributed by atoms with Crippen molar-refractivity contribution in [1.29, 1.82) is 0 Å². The van der Waals surface area contributed by atoms with Crippen molar-refractivity contribution in [2.45, 2.75) is 33.2 Å². The maximum Gasteiger partial charge on any atom is 0.230 e. The molecule has 1 aromatic carbocycles. The molecule has 4 heteroatoms. The van der Waals surface area contributed by atoms with E-state index in [0.717, 1.165) is 0 Å². The number of carbonyl (C=O) groups excluding carboxylic acids is 2. The predicted octanol–water partition coefficient (Wildman–Crippen LogP) is 2.41. The van der Waals surface area contributed by atoms with Gasteiger partial charge in [0.1, 0.15) is 5.75 Å². The lowest BCUT2D eigenvalue weighted by Gasteiger charge is -2.26. The van der Waals surface area contributed by atoms with E-state index in [1.165, 1.54) is 6.92 Å². The molecule has 0 atom stereocenters. The molecule has 0 fully saturated rings. The van der Waals surface area contributed by atoms with E-state index in [0.29, 0.717) is 30.0 Å². The summed E-state index contributed by atoms with van der Waals surface area (Å²) >= 11 is 0. The summed E-state index contributed by atoms with van der Waals surface area (Å²) in [5, 5.41) is 0. The Labute approximate surface area is 107 Å². The first-order chi connectivity index (χ1) is 8.50. The molecular weight excluding hydrogens is 230 g/mol.